The highest BCUT2D eigenvalue weighted by Gasteiger charge is 2.24. The van der Waals surface area contributed by atoms with Gasteiger partial charge in [-0.3, -0.25) is 4.79 Å². The van der Waals surface area contributed by atoms with Crippen molar-refractivity contribution in [1.82, 2.24) is 19.1 Å². The Bertz CT molecular complexity index is 1040. The van der Waals surface area contributed by atoms with Gasteiger partial charge in [0.1, 0.15) is 17.5 Å². The normalized spacial score (nSPS) is 16.8. The largest absolute Gasteiger partial charge is 0.358 e. The number of nitrogens with zero attached hydrogens (tertiary/aromatic N) is 5. The van der Waals surface area contributed by atoms with Gasteiger partial charge in [0.15, 0.2) is 0 Å². The molecule has 0 aliphatic carbocycles. The lowest BCUT2D eigenvalue weighted by Gasteiger charge is -2.36. The van der Waals surface area contributed by atoms with Crippen LogP contribution in [0.3, 0.4) is 0 Å². The van der Waals surface area contributed by atoms with E-state index in [1.165, 1.54) is 34.4 Å². The molecule has 0 spiro atoms. The summed E-state index contributed by atoms with van der Waals surface area (Å²) >= 11 is 1.36. The lowest BCUT2D eigenvalue weighted by molar-refractivity contribution is 0.463. The van der Waals surface area contributed by atoms with E-state index in [1.807, 2.05) is 6.92 Å². The maximum atomic E-state index is 13.5. The van der Waals surface area contributed by atoms with Gasteiger partial charge >= 0.3 is 0 Å². The van der Waals surface area contributed by atoms with Crippen molar-refractivity contribution in [2.75, 3.05) is 23.3 Å². The van der Waals surface area contributed by atoms with Crippen molar-refractivity contribution in [2.45, 2.75) is 38.8 Å². The quantitative estimate of drug-likeness (QED) is 0.668. The molecule has 0 radical (unpaired) electrons. The Morgan fingerprint density at radius 2 is 2.17 bits per heavy atom. The van der Waals surface area contributed by atoms with Gasteiger partial charge in [0.05, 0.1) is 6.54 Å². The van der Waals surface area contributed by atoms with Crippen molar-refractivity contribution in [2.24, 2.45) is 0 Å². The molecule has 1 aromatic carbocycles. The number of aryl methyl sites for hydroxylation is 1. The van der Waals surface area contributed by atoms with Crippen LogP contribution >= 0.6 is 11.5 Å². The molecule has 3 heterocycles. The van der Waals surface area contributed by atoms with Crippen molar-refractivity contribution in [3.63, 3.8) is 0 Å². The van der Waals surface area contributed by atoms with Gasteiger partial charge < -0.3 is 10.2 Å². The molecule has 1 N–H and O–H groups in total. The van der Waals surface area contributed by atoms with Crippen LogP contribution in [0.25, 0.3) is 0 Å². The number of piperidine rings is 1. The average Bonchev–Trinajstić information content (AvgIpc) is 3.14. The summed E-state index contributed by atoms with van der Waals surface area (Å²) in [6.45, 7) is 3.73. The summed E-state index contributed by atoms with van der Waals surface area (Å²) < 4.78 is 19.1. The van der Waals surface area contributed by atoms with E-state index >= 15 is 0 Å². The molecule has 1 saturated heterocycles. The van der Waals surface area contributed by atoms with Crippen molar-refractivity contribution < 1.29 is 4.39 Å². The summed E-state index contributed by atoms with van der Waals surface area (Å²) in [6, 6.07) is 9.81. The third-order valence-electron chi connectivity index (χ3n) is 5.01. The molecule has 0 saturated carbocycles. The van der Waals surface area contributed by atoms with Crippen molar-refractivity contribution in [3.8, 4) is 0 Å². The second kappa shape index (κ2) is 8.69. The Hall–Kier alpha value is -2.81. The summed E-state index contributed by atoms with van der Waals surface area (Å²) in [5.41, 5.74) is 0.509. The van der Waals surface area contributed by atoms with Gasteiger partial charge in [-0.15, -0.1) is 0 Å². The molecule has 3 aromatic rings. The highest BCUT2D eigenvalue weighted by molar-refractivity contribution is 7.09. The molecule has 1 atom stereocenters. The van der Waals surface area contributed by atoms with Crippen LogP contribution in [-0.2, 0) is 6.54 Å². The lowest BCUT2D eigenvalue weighted by Crippen LogP contribution is -2.45. The van der Waals surface area contributed by atoms with Crippen LogP contribution in [0.2, 0.25) is 0 Å². The average molecular weight is 415 g/mol. The van der Waals surface area contributed by atoms with Crippen LogP contribution in [0.1, 0.15) is 30.7 Å². The molecular weight excluding hydrogens is 391 g/mol. The zero-order valence-electron chi connectivity index (χ0n) is 16.2. The van der Waals surface area contributed by atoms with E-state index < -0.39 is 0 Å². The first kappa shape index (κ1) is 19.5. The highest BCUT2D eigenvalue weighted by Crippen LogP contribution is 2.23. The minimum Gasteiger partial charge on any atom is -0.358 e. The Kier molecular flexibility index (Phi) is 5.84. The van der Waals surface area contributed by atoms with Gasteiger partial charge in [-0.25, -0.2) is 14.1 Å². The van der Waals surface area contributed by atoms with Gasteiger partial charge in [-0.1, -0.05) is 12.1 Å². The van der Waals surface area contributed by atoms with Gasteiger partial charge in [-0.05, 0) is 49.9 Å². The smallest absolute Gasteiger partial charge is 0.267 e. The zero-order valence-corrected chi connectivity index (χ0v) is 17.0. The molecule has 29 heavy (non-hydrogen) atoms. The molecule has 4 rings (SSSR count). The first-order chi connectivity index (χ1) is 14.1. The molecule has 1 fully saturated rings. The van der Waals surface area contributed by atoms with Crippen molar-refractivity contribution >= 4 is 22.5 Å². The topological polar surface area (TPSA) is 75.9 Å². The Labute approximate surface area is 172 Å². The molecule has 1 aliphatic heterocycles. The molecule has 1 unspecified atom stereocenters. The lowest BCUT2D eigenvalue weighted by atomic mass is 10.0. The maximum Gasteiger partial charge on any atom is 0.267 e. The number of benzene rings is 1. The van der Waals surface area contributed by atoms with E-state index in [2.05, 4.69) is 24.7 Å². The molecule has 1 aliphatic rings. The van der Waals surface area contributed by atoms with Crippen LogP contribution in [0.5, 0.6) is 0 Å². The predicted octanol–water partition coefficient (Wildman–Crippen LogP) is 3.06. The standard InChI is InChI=1S/C20H23FN6OS/c1-14-23-20(29-25-14)22-12-17-7-2-3-10-26(17)18-8-9-19(28)27(24-18)13-15-5-4-6-16(21)11-15/h4-6,8-9,11,17H,2-3,7,10,12-13H2,1H3,(H,22,23,25). The number of rotatable bonds is 6. The molecule has 0 bridgehead atoms. The minimum absolute atomic E-state index is 0.200. The third kappa shape index (κ3) is 4.79. The molecule has 9 heteroatoms. The number of hydrogen-bond donors (Lipinski definition) is 1. The molecule has 0 amide bonds. The summed E-state index contributed by atoms with van der Waals surface area (Å²) in [7, 11) is 0. The SMILES string of the molecule is Cc1nsc(NCC2CCCCN2c2ccc(=O)n(Cc3cccc(F)c3)n2)n1. The molecule has 2 aromatic heterocycles. The van der Waals surface area contributed by atoms with Gasteiger partial charge in [-0.2, -0.15) is 9.47 Å². The van der Waals surface area contributed by atoms with Gasteiger partial charge in [0.2, 0.25) is 5.13 Å². The maximum absolute atomic E-state index is 13.5. The fourth-order valence-electron chi connectivity index (χ4n) is 3.60. The van der Waals surface area contributed by atoms with Crippen LogP contribution in [-0.4, -0.2) is 38.3 Å². The van der Waals surface area contributed by atoms with Gasteiger partial charge in [0, 0.05) is 36.7 Å². The number of hydrogen-bond acceptors (Lipinski definition) is 7. The molecular formula is C20H23FN6OS. The molecule has 152 valence electrons. The van der Waals surface area contributed by atoms with E-state index in [9.17, 15) is 9.18 Å². The van der Waals surface area contributed by atoms with Crippen LogP contribution in [0.4, 0.5) is 15.3 Å². The predicted molar refractivity (Wildman–Crippen MR) is 112 cm³/mol. The minimum atomic E-state index is -0.319. The highest BCUT2D eigenvalue weighted by atomic mass is 32.1. The first-order valence-electron chi connectivity index (χ1n) is 9.72. The summed E-state index contributed by atoms with van der Waals surface area (Å²) in [5, 5.41) is 8.77. The van der Waals surface area contributed by atoms with E-state index in [1.54, 1.807) is 18.2 Å². The zero-order chi connectivity index (χ0) is 20.2. The Morgan fingerprint density at radius 3 is 2.97 bits per heavy atom. The van der Waals surface area contributed by atoms with Crippen LogP contribution in [0.15, 0.2) is 41.2 Å². The number of halogens is 1. The second-order valence-corrected chi connectivity index (χ2v) is 7.94. The van der Waals surface area contributed by atoms with E-state index in [-0.39, 0.29) is 24.0 Å². The monoisotopic (exact) mass is 414 g/mol. The Balaban J connectivity index is 1.52. The van der Waals surface area contributed by atoms with Crippen LogP contribution < -0.4 is 15.8 Å². The second-order valence-electron chi connectivity index (χ2n) is 7.19. The number of anilines is 2. The first-order valence-corrected chi connectivity index (χ1v) is 10.5. The summed E-state index contributed by atoms with van der Waals surface area (Å²) in [5.74, 6) is 1.21. The van der Waals surface area contributed by atoms with Gasteiger partial charge in [0.25, 0.3) is 5.56 Å². The Morgan fingerprint density at radius 1 is 1.28 bits per heavy atom. The molecule has 7 nitrogen and oxygen atoms in total. The fourth-order valence-corrected chi connectivity index (χ4v) is 4.18. The number of nitrogens with one attached hydrogen (secondary N) is 1. The summed E-state index contributed by atoms with van der Waals surface area (Å²) in [6.07, 6.45) is 3.27. The third-order valence-corrected chi connectivity index (χ3v) is 5.78. The number of aromatic nitrogens is 4. The van der Waals surface area contributed by atoms with Crippen molar-refractivity contribution in [3.05, 3.63) is 64.0 Å². The van der Waals surface area contributed by atoms with E-state index in [0.29, 0.717) is 5.56 Å². The van der Waals surface area contributed by atoms with E-state index in [4.69, 9.17) is 0 Å². The summed E-state index contributed by atoms with van der Waals surface area (Å²) in [4.78, 5) is 18.9. The van der Waals surface area contributed by atoms with Crippen LogP contribution in [0, 0.1) is 12.7 Å². The van der Waals surface area contributed by atoms with Crippen molar-refractivity contribution in [1.29, 1.82) is 0 Å². The van der Waals surface area contributed by atoms with E-state index in [0.717, 1.165) is 49.1 Å². The fraction of sp³-hybridized carbons (Fsp3) is 0.400.